The second-order valence-electron chi connectivity index (χ2n) is 6.33. The topological polar surface area (TPSA) is 84.5 Å². The number of hydrogen-bond acceptors (Lipinski definition) is 5. The minimum Gasteiger partial charge on any atom is -0.485 e. The molecule has 3 heterocycles. The first kappa shape index (κ1) is 16.4. The highest BCUT2D eigenvalue weighted by atomic mass is 32.2. The molecule has 1 atom stereocenters. The summed E-state index contributed by atoms with van der Waals surface area (Å²) in [4.78, 5) is 0. The fraction of sp³-hybridized carbons (Fsp3) is 0.471. The molecule has 1 aromatic heterocycles. The average molecular weight is 363 g/mol. The summed E-state index contributed by atoms with van der Waals surface area (Å²) in [5.74, 6) is 1.57. The maximum absolute atomic E-state index is 12.4. The van der Waals surface area contributed by atoms with Crippen molar-refractivity contribution in [1.29, 1.82) is 0 Å². The number of nitrogens with zero attached hydrogens (tertiary/aromatic N) is 2. The molecule has 0 amide bonds. The van der Waals surface area contributed by atoms with Gasteiger partial charge >= 0.3 is 0 Å². The second-order valence-corrected chi connectivity index (χ2v) is 8.42. The predicted octanol–water partition coefficient (Wildman–Crippen LogP) is 2.02. The summed E-state index contributed by atoms with van der Waals surface area (Å²) >= 11 is 0. The molecule has 134 valence electrons. The number of hydrogen-bond donors (Lipinski definition) is 1. The largest absolute Gasteiger partial charge is 0.485 e. The van der Waals surface area contributed by atoms with Gasteiger partial charge in [-0.2, -0.15) is 9.40 Å². The summed E-state index contributed by atoms with van der Waals surface area (Å²) in [6.45, 7) is 3.06. The zero-order chi connectivity index (χ0) is 17.4. The first-order chi connectivity index (χ1) is 12.1. The van der Waals surface area contributed by atoms with Gasteiger partial charge in [0.2, 0.25) is 10.0 Å². The predicted molar refractivity (Wildman–Crippen MR) is 92.1 cm³/mol. The standard InChI is InChI=1S/C17H21N3O4S/c1-2-9-25(21,22)20-8-7-13-12(10-20)17(19-18-13)16-11-23-14-5-3-4-6-15(14)24-16/h3-6,16H,2,7-11H2,1H3,(H,18,19). The summed E-state index contributed by atoms with van der Waals surface area (Å²) in [7, 11) is -3.23. The van der Waals surface area contributed by atoms with Crippen LogP contribution in [0, 0.1) is 0 Å². The Morgan fingerprint density at radius 3 is 2.92 bits per heavy atom. The number of fused-ring (bicyclic) bond motifs is 2. The van der Waals surface area contributed by atoms with Gasteiger partial charge in [-0.25, -0.2) is 8.42 Å². The zero-order valence-electron chi connectivity index (χ0n) is 14.1. The normalized spacial score (nSPS) is 20.3. The molecule has 1 N–H and O–H groups in total. The second kappa shape index (κ2) is 6.34. The van der Waals surface area contributed by atoms with Crippen molar-refractivity contribution in [2.75, 3.05) is 18.9 Å². The van der Waals surface area contributed by atoms with Crippen molar-refractivity contribution in [1.82, 2.24) is 14.5 Å². The Bertz CT molecular complexity index is 878. The van der Waals surface area contributed by atoms with Crippen molar-refractivity contribution < 1.29 is 17.9 Å². The van der Waals surface area contributed by atoms with E-state index >= 15 is 0 Å². The van der Waals surface area contributed by atoms with Gasteiger partial charge in [0.15, 0.2) is 17.6 Å². The maximum atomic E-state index is 12.4. The van der Waals surface area contributed by atoms with E-state index in [0.717, 1.165) is 22.7 Å². The average Bonchev–Trinajstić information content (AvgIpc) is 3.04. The quantitative estimate of drug-likeness (QED) is 0.898. The molecule has 8 heteroatoms. The van der Waals surface area contributed by atoms with Crippen molar-refractivity contribution in [2.45, 2.75) is 32.4 Å². The molecular weight excluding hydrogens is 342 g/mol. The van der Waals surface area contributed by atoms with Gasteiger partial charge in [0.05, 0.1) is 5.75 Å². The molecule has 0 spiro atoms. The van der Waals surface area contributed by atoms with Crippen LogP contribution in [0.3, 0.4) is 0 Å². The van der Waals surface area contributed by atoms with Gasteiger partial charge in [-0.1, -0.05) is 19.1 Å². The Kier molecular flexibility index (Phi) is 4.16. The van der Waals surface area contributed by atoms with Crippen molar-refractivity contribution in [3.8, 4) is 11.5 Å². The number of para-hydroxylation sites is 2. The first-order valence-electron chi connectivity index (χ1n) is 8.51. The SMILES string of the molecule is CCCS(=O)(=O)N1CCc2[nH]nc(C3COc4ccccc4O3)c2C1. The van der Waals surface area contributed by atoms with E-state index in [2.05, 4.69) is 10.2 Å². The van der Waals surface area contributed by atoms with Crippen LogP contribution < -0.4 is 9.47 Å². The molecule has 0 saturated carbocycles. The molecule has 25 heavy (non-hydrogen) atoms. The molecule has 0 saturated heterocycles. The van der Waals surface area contributed by atoms with Crippen LogP contribution in [0.25, 0.3) is 0 Å². The number of nitrogens with one attached hydrogen (secondary N) is 1. The zero-order valence-corrected chi connectivity index (χ0v) is 14.9. The molecule has 0 aliphatic carbocycles. The Morgan fingerprint density at radius 1 is 1.32 bits per heavy atom. The van der Waals surface area contributed by atoms with E-state index in [1.165, 1.54) is 0 Å². The van der Waals surface area contributed by atoms with Gasteiger partial charge in [0.1, 0.15) is 12.3 Å². The molecule has 2 aliphatic rings. The van der Waals surface area contributed by atoms with Crippen LogP contribution in [0.15, 0.2) is 24.3 Å². The molecule has 4 rings (SSSR count). The molecule has 7 nitrogen and oxygen atoms in total. The number of aromatic amines is 1. The number of ether oxygens (including phenoxy) is 2. The molecule has 2 aliphatic heterocycles. The fourth-order valence-corrected chi connectivity index (χ4v) is 4.81. The fourth-order valence-electron chi connectivity index (χ4n) is 3.34. The summed E-state index contributed by atoms with van der Waals surface area (Å²) in [6.07, 6.45) is 0.902. The van der Waals surface area contributed by atoms with E-state index in [-0.39, 0.29) is 11.9 Å². The third-order valence-corrected chi connectivity index (χ3v) is 6.62. The van der Waals surface area contributed by atoms with Crippen LogP contribution in [0.1, 0.15) is 36.4 Å². The van der Waals surface area contributed by atoms with E-state index in [1.807, 2.05) is 31.2 Å². The highest BCUT2D eigenvalue weighted by Gasteiger charge is 2.33. The summed E-state index contributed by atoms with van der Waals surface area (Å²) in [6, 6.07) is 7.52. The number of benzene rings is 1. The van der Waals surface area contributed by atoms with E-state index < -0.39 is 10.0 Å². The Balaban J connectivity index is 1.60. The summed E-state index contributed by atoms with van der Waals surface area (Å²) in [5, 5.41) is 7.45. The number of sulfonamides is 1. The van der Waals surface area contributed by atoms with Crippen LogP contribution in [0.2, 0.25) is 0 Å². The van der Waals surface area contributed by atoms with E-state index in [9.17, 15) is 8.42 Å². The lowest BCUT2D eigenvalue weighted by atomic mass is 10.0. The van der Waals surface area contributed by atoms with Gasteiger partial charge < -0.3 is 9.47 Å². The van der Waals surface area contributed by atoms with Gasteiger partial charge in [0.25, 0.3) is 0 Å². The van der Waals surface area contributed by atoms with Gasteiger partial charge in [-0.3, -0.25) is 5.10 Å². The van der Waals surface area contributed by atoms with E-state index in [4.69, 9.17) is 9.47 Å². The summed E-state index contributed by atoms with van der Waals surface area (Å²) in [5.41, 5.74) is 2.64. The minimum absolute atomic E-state index is 0.173. The van der Waals surface area contributed by atoms with Crippen molar-refractivity contribution in [3.63, 3.8) is 0 Å². The van der Waals surface area contributed by atoms with Crippen molar-refractivity contribution in [3.05, 3.63) is 41.2 Å². The lowest BCUT2D eigenvalue weighted by molar-refractivity contribution is 0.0872. The van der Waals surface area contributed by atoms with Gasteiger partial charge in [-0.05, 0) is 18.6 Å². The highest BCUT2D eigenvalue weighted by Crippen LogP contribution is 2.37. The van der Waals surface area contributed by atoms with E-state index in [1.54, 1.807) is 4.31 Å². The Labute approximate surface area is 147 Å². The van der Waals surface area contributed by atoms with Crippen molar-refractivity contribution >= 4 is 10.0 Å². The van der Waals surface area contributed by atoms with Crippen LogP contribution >= 0.6 is 0 Å². The summed E-state index contributed by atoms with van der Waals surface area (Å²) < 4.78 is 38.2. The molecule has 1 aromatic carbocycles. The Hall–Kier alpha value is -2.06. The van der Waals surface area contributed by atoms with Gasteiger partial charge in [0, 0.05) is 30.8 Å². The molecule has 0 fully saturated rings. The lowest BCUT2D eigenvalue weighted by Gasteiger charge is -2.29. The first-order valence-corrected chi connectivity index (χ1v) is 10.1. The van der Waals surface area contributed by atoms with Crippen molar-refractivity contribution in [2.24, 2.45) is 0 Å². The number of rotatable bonds is 4. The molecule has 2 aromatic rings. The van der Waals surface area contributed by atoms with Gasteiger partial charge in [-0.15, -0.1) is 0 Å². The third kappa shape index (κ3) is 3.00. The molecule has 0 bridgehead atoms. The van der Waals surface area contributed by atoms with Crippen LogP contribution in [0.5, 0.6) is 11.5 Å². The third-order valence-electron chi connectivity index (χ3n) is 4.60. The van der Waals surface area contributed by atoms with Crippen LogP contribution in [0.4, 0.5) is 0 Å². The lowest BCUT2D eigenvalue weighted by Crippen LogP contribution is -2.37. The molecule has 1 unspecified atom stereocenters. The number of aromatic nitrogens is 2. The smallest absolute Gasteiger partial charge is 0.214 e. The molecular formula is C17H21N3O4S. The Morgan fingerprint density at radius 2 is 2.12 bits per heavy atom. The highest BCUT2D eigenvalue weighted by molar-refractivity contribution is 7.89. The van der Waals surface area contributed by atoms with E-state index in [0.29, 0.717) is 38.3 Å². The van der Waals surface area contributed by atoms with Crippen LogP contribution in [-0.2, 0) is 23.0 Å². The minimum atomic E-state index is -3.23. The monoisotopic (exact) mass is 363 g/mol. The maximum Gasteiger partial charge on any atom is 0.214 e. The van der Waals surface area contributed by atoms with Crippen LogP contribution in [-0.4, -0.2) is 41.8 Å². The molecule has 0 radical (unpaired) electrons. The number of H-pyrrole nitrogens is 1.